The first kappa shape index (κ1) is 20.6. The van der Waals surface area contributed by atoms with Crippen molar-refractivity contribution in [2.45, 2.75) is 24.1 Å². The Kier molecular flexibility index (Phi) is 9.30. The molecule has 132 valence electrons. The van der Waals surface area contributed by atoms with Crippen LogP contribution >= 0.6 is 35.7 Å². The zero-order valence-corrected chi connectivity index (χ0v) is 17.6. The fourth-order valence-electron chi connectivity index (χ4n) is 2.64. The average molecular weight is 452 g/mol. The molecule has 0 amide bonds. The zero-order chi connectivity index (χ0) is 15.9. The Hall–Kier alpha value is -0.480. The van der Waals surface area contributed by atoms with Gasteiger partial charge >= 0.3 is 0 Å². The number of aliphatic imine (C=N–C) groups is 1. The van der Waals surface area contributed by atoms with Crippen molar-refractivity contribution in [2.75, 3.05) is 40.0 Å². The Morgan fingerprint density at radius 3 is 2.83 bits per heavy atom. The minimum absolute atomic E-state index is 0. The Labute approximate surface area is 160 Å². The smallest absolute Gasteiger partial charge is 0.191 e. The maximum Gasteiger partial charge on any atom is 0.191 e. The molecule has 0 spiro atoms. The summed E-state index contributed by atoms with van der Waals surface area (Å²) in [5.74, 6) is 2.17. The van der Waals surface area contributed by atoms with Gasteiger partial charge in [0.25, 0.3) is 0 Å². The molecule has 2 atom stereocenters. The summed E-state index contributed by atoms with van der Waals surface area (Å²) in [7, 11) is 7.95. The maximum absolute atomic E-state index is 4.32. The van der Waals surface area contributed by atoms with Crippen LogP contribution in [-0.4, -0.2) is 65.9 Å². The summed E-state index contributed by atoms with van der Waals surface area (Å²) in [4.78, 5) is 6.52. The second-order valence-corrected chi connectivity index (χ2v) is 7.30. The highest BCUT2D eigenvalue weighted by Gasteiger charge is 2.18. The summed E-state index contributed by atoms with van der Waals surface area (Å²) >= 11 is 2.06. The molecule has 2 N–H and O–H groups in total. The zero-order valence-electron chi connectivity index (χ0n) is 14.5. The van der Waals surface area contributed by atoms with Crippen molar-refractivity contribution >= 4 is 41.7 Å². The largest absolute Gasteiger partial charge is 0.355 e. The molecule has 0 saturated carbocycles. The highest BCUT2D eigenvalue weighted by molar-refractivity contribution is 14.0. The van der Waals surface area contributed by atoms with Crippen LogP contribution in [0.1, 0.15) is 24.4 Å². The summed E-state index contributed by atoms with van der Waals surface area (Å²) in [6, 6.07) is 0.271. The van der Waals surface area contributed by atoms with Crippen LogP contribution in [0.4, 0.5) is 0 Å². The van der Waals surface area contributed by atoms with Gasteiger partial charge in [0.15, 0.2) is 5.96 Å². The number of nitrogens with one attached hydrogen (secondary N) is 2. The number of nitrogens with zero attached hydrogens (tertiary/aromatic N) is 4. The molecular weight excluding hydrogens is 423 g/mol. The summed E-state index contributed by atoms with van der Waals surface area (Å²) in [5.41, 5.74) is 1.21. The molecule has 2 unspecified atom stereocenters. The molecule has 1 aromatic heterocycles. The van der Waals surface area contributed by atoms with E-state index in [1.165, 1.54) is 24.2 Å². The van der Waals surface area contributed by atoms with Gasteiger partial charge in [-0.1, -0.05) is 0 Å². The molecular formula is C15H29IN6S. The van der Waals surface area contributed by atoms with Crippen molar-refractivity contribution in [3.63, 3.8) is 0 Å². The van der Waals surface area contributed by atoms with Crippen molar-refractivity contribution in [3.05, 3.63) is 18.0 Å². The second-order valence-electron chi connectivity index (χ2n) is 5.90. The highest BCUT2D eigenvalue weighted by atomic mass is 127. The Morgan fingerprint density at radius 1 is 1.52 bits per heavy atom. The molecule has 8 heteroatoms. The third kappa shape index (κ3) is 6.50. The Morgan fingerprint density at radius 2 is 2.30 bits per heavy atom. The van der Waals surface area contributed by atoms with Gasteiger partial charge < -0.3 is 15.5 Å². The van der Waals surface area contributed by atoms with Crippen LogP contribution < -0.4 is 10.6 Å². The lowest BCUT2D eigenvalue weighted by molar-refractivity contribution is 0.298. The van der Waals surface area contributed by atoms with Gasteiger partial charge in [0.05, 0.1) is 12.2 Å². The summed E-state index contributed by atoms with van der Waals surface area (Å²) in [5, 5.41) is 11.9. The first-order chi connectivity index (χ1) is 10.6. The van der Waals surface area contributed by atoms with E-state index in [4.69, 9.17) is 0 Å². The number of rotatable bonds is 6. The molecule has 6 nitrogen and oxygen atoms in total. The monoisotopic (exact) mass is 452 g/mol. The van der Waals surface area contributed by atoms with Crippen molar-refractivity contribution in [1.29, 1.82) is 0 Å². The fraction of sp³-hybridized carbons (Fsp3) is 0.733. The number of hydrogen-bond donors (Lipinski definition) is 2. The molecule has 0 aromatic carbocycles. The molecule has 2 rings (SSSR count). The first-order valence-electron chi connectivity index (χ1n) is 7.81. The van der Waals surface area contributed by atoms with E-state index in [-0.39, 0.29) is 30.0 Å². The van der Waals surface area contributed by atoms with E-state index < -0.39 is 0 Å². The van der Waals surface area contributed by atoms with E-state index in [2.05, 4.69) is 57.7 Å². The molecule has 1 fully saturated rings. The van der Waals surface area contributed by atoms with Crippen molar-refractivity contribution in [2.24, 2.45) is 12.0 Å². The van der Waals surface area contributed by atoms with E-state index in [0.29, 0.717) is 0 Å². The Balaban J connectivity index is 0.00000264. The third-order valence-corrected chi connectivity index (χ3v) is 5.34. The van der Waals surface area contributed by atoms with Gasteiger partial charge in [-0.15, -0.1) is 24.0 Å². The molecule has 23 heavy (non-hydrogen) atoms. The lowest BCUT2D eigenvalue weighted by Gasteiger charge is -2.25. The van der Waals surface area contributed by atoms with Crippen LogP contribution in [0.15, 0.2) is 17.4 Å². The number of hydrogen-bond acceptors (Lipinski definition) is 4. The maximum atomic E-state index is 4.32. The van der Waals surface area contributed by atoms with Gasteiger partial charge in [-0.2, -0.15) is 16.9 Å². The molecule has 2 heterocycles. The van der Waals surface area contributed by atoms with E-state index in [0.717, 1.165) is 24.3 Å². The van der Waals surface area contributed by atoms with Crippen molar-refractivity contribution < 1.29 is 0 Å². The number of halogens is 1. The Bertz CT molecular complexity index is 484. The number of likely N-dealkylation sites (N-methyl/N-ethyl adjacent to an activating group) is 1. The number of thioether (sulfide) groups is 1. The highest BCUT2D eigenvalue weighted by Crippen LogP contribution is 2.25. The molecule has 0 aliphatic carbocycles. The summed E-state index contributed by atoms with van der Waals surface area (Å²) in [6.07, 6.45) is 6.65. The number of aryl methyl sites for hydroxylation is 1. The molecule has 1 aliphatic rings. The van der Waals surface area contributed by atoms with Gasteiger partial charge in [0, 0.05) is 44.2 Å². The van der Waals surface area contributed by atoms with Crippen LogP contribution in [0.25, 0.3) is 0 Å². The molecule has 1 saturated heterocycles. The SMILES string of the molecule is CN=C(NCC1CCCS1)NCC(c1cnn(C)c1)N(C)C.I. The fourth-order valence-corrected chi connectivity index (χ4v) is 3.84. The average Bonchev–Trinajstić information content (AvgIpc) is 3.14. The summed E-state index contributed by atoms with van der Waals surface area (Å²) in [6.45, 7) is 1.79. The third-order valence-electron chi connectivity index (χ3n) is 3.94. The van der Waals surface area contributed by atoms with Crippen molar-refractivity contribution in [3.8, 4) is 0 Å². The quantitative estimate of drug-likeness (QED) is 0.391. The van der Waals surface area contributed by atoms with E-state index in [9.17, 15) is 0 Å². The molecule has 1 aromatic rings. The van der Waals surface area contributed by atoms with Gasteiger partial charge in [-0.05, 0) is 32.7 Å². The topological polar surface area (TPSA) is 57.5 Å². The van der Waals surface area contributed by atoms with Gasteiger partial charge in [0.1, 0.15) is 0 Å². The van der Waals surface area contributed by atoms with Gasteiger partial charge in [-0.25, -0.2) is 0 Å². The van der Waals surface area contributed by atoms with E-state index >= 15 is 0 Å². The van der Waals surface area contributed by atoms with E-state index in [1.54, 1.807) is 0 Å². The van der Waals surface area contributed by atoms with Gasteiger partial charge in [-0.3, -0.25) is 9.67 Å². The van der Waals surface area contributed by atoms with Crippen LogP contribution in [0, 0.1) is 0 Å². The number of aromatic nitrogens is 2. The lowest BCUT2D eigenvalue weighted by atomic mass is 10.1. The van der Waals surface area contributed by atoms with Crippen LogP contribution in [0.3, 0.4) is 0 Å². The van der Waals surface area contributed by atoms with Crippen LogP contribution in [-0.2, 0) is 7.05 Å². The molecule has 0 radical (unpaired) electrons. The lowest BCUT2D eigenvalue weighted by Crippen LogP contribution is -2.43. The van der Waals surface area contributed by atoms with Crippen LogP contribution in [0.2, 0.25) is 0 Å². The normalized spacial score (nSPS) is 19.5. The second kappa shape index (κ2) is 10.4. The number of guanidine groups is 1. The van der Waals surface area contributed by atoms with Gasteiger partial charge in [0.2, 0.25) is 0 Å². The molecule has 0 bridgehead atoms. The van der Waals surface area contributed by atoms with E-state index in [1.807, 2.05) is 25.0 Å². The predicted octanol–water partition coefficient (Wildman–Crippen LogP) is 1.70. The summed E-state index contributed by atoms with van der Waals surface area (Å²) < 4.78 is 1.84. The van der Waals surface area contributed by atoms with Crippen LogP contribution in [0.5, 0.6) is 0 Å². The molecule has 1 aliphatic heterocycles. The minimum Gasteiger partial charge on any atom is -0.355 e. The first-order valence-corrected chi connectivity index (χ1v) is 8.86. The minimum atomic E-state index is 0. The van der Waals surface area contributed by atoms with Crippen molar-refractivity contribution in [1.82, 2.24) is 25.3 Å². The standard InChI is InChI=1S/C15H28N6S.HI/c1-16-15(17-9-13-6-5-7-22-13)18-10-14(20(2)3)12-8-19-21(4)11-12;/h8,11,13-14H,5-7,9-10H2,1-4H3,(H2,16,17,18);1H. The predicted molar refractivity (Wildman–Crippen MR) is 110 cm³/mol.